The van der Waals surface area contributed by atoms with Gasteiger partial charge in [0, 0.05) is 30.7 Å². The molecule has 4 N–H and O–H groups in total. The molecule has 5 atom stereocenters. The molecule has 0 saturated carbocycles. The lowest BCUT2D eigenvalue weighted by Gasteiger charge is -2.41. The molecule has 1 fully saturated rings. The molecule has 0 spiro atoms. The first-order chi connectivity index (χ1) is 16.7. The van der Waals surface area contributed by atoms with E-state index in [1.165, 1.54) is 19.2 Å². The number of aliphatic hydroxyl groups is 3. The number of esters is 1. The third kappa shape index (κ3) is 4.93. The molecule has 1 aliphatic heterocycles. The Balaban J connectivity index is 1.68. The smallest absolute Gasteiger partial charge is 0.303 e. The molecule has 186 valence electrons. The Kier molecular flexibility index (Phi) is 6.94. The summed E-state index contributed by atoms with van der Waals surface area (Å²) in [7, 11) is 1.53. The Hall–Kier alpha value is -3.64. The van der Waals surface area contributed by atoms with Gasteiger partial charge in [0.05, 0.1) is 13.7 Å². The van der Waals surface area contributed by atoms with Gasteiger partial charge in [-0.2, -0.15) is 0 Å². The molecule has 11 heteroatoms. The van der Waals surface area contributed by atoms with E-state index in [4.69, 9.17) is 23.4 Å². The molecule has 0 radical (unpaired) electrons. The van der Waals surface area contributed by atoms with Crippen molar-refractivity contribution in [3.05, 3.63) is 52.7 Å². The molecule has 0 amide bonds. The molecule has 1 aliphatic rings. The number of hydrogen-bond donors (Lipinski definition) is 4. The van der Waals surface area contributed by atoms with Crippen LogP contribution in [0.4, 0.5) is 0 Å². The van der Waals surface area contributed by atoms with Crippen LogP contribution in [0.5, 0.6) is 17.2 Å². The van der Waals surface area contributed by atoms with Crippen molar-refractivity contribution in [1.82, 2.24) is 0 Å². The number of hydrogen-bond acceptors (Lipinski definition) is 11. The maximum Gasteiger partial charge on any atom is 0.303 e. The van der Waals surface area contributed by atoms with Crippen LogP contribution in [0.25, 0.3) is 22.3 Å². The maximum absolute atomic E-state index is 12.7. The first-order valence-corrected chi connectivity index (χ1v) is 10.6. The lowest BCUT2D eigenvalue weighted by molar-refractivity contribution is -0.281. The maximum atomic E-state index is 12.7. The summed E-state index contributed by atoms with van der Waals surface area (Å²) in [5.41, 5.74) is 0.0954. The van der Waals surface area contributed by atoms with Crippen LogP contribution in [-0.4, -0.2) is 70.8 Å². The lowest BCUT2D eigenvalue weighted by atomic mass is 9.99. The largest absolute Gasteiger partial charge is 0.507 e. The highest BCUT2D eigenvalue weighted by atomic mass is 16.7. The van der Waals surface area contributed by atoms with Gasteiger partial charge in [-0.1, -0.05) is 0 Å². The normalized spacial score (nSPS) is 24.2. The van der Waals surface area contributed by atoms with Crippen LogP contribution in [-0.2, 0) is 14.3 Å². The highest BCUT2D eigenvalue weighted by Crippen LogP contribution is 2.33. The molecule has 1 aromatic heterocycles. The molecule has 2 heterocycles. The van der Waals surface area contributed by atoms with Gasteiger partial charge in [-0.05, 0) is 24.3 Å². The summed E-state index contributed by atoms with van der Waals surface area (Å²) in [4.78, 5) is 24.1. The second kappa shape index (κ2) is 9.92. The fourth-order valence-corrected chi connectivity index (χ4v) is 3.82. The summed E-state index contributed by atoms with van der Waals surface area (Å²) in [6.07, 6.45) is -7.28. The number of aromatic hydroxyl groups is 1. The quantitative estimate of drug-likeness (QED) is 0.365. The van der Waals surface area contributed by atoms with Crippen molar-refractivity contribution in [2.75, 3.05) is 13.7 Å². The minimum Gasteiger partial charge on any atom is -0.507 e. The van der Waals surface area contributed by atoms with Gasteiger partial charge in [0.2, 0.25) is 6.29 Å². The van der Waals surface area contributed by atoms with Crippen LogP contribution in [0.15, 0.2) is 51.7 Å². The molecule has 35 heavy (non-hydrogen) atoms. The molecule has 0 bridgehead atoms. The number of phenols is 1. The Morgan fingerprint density at radius 2 is 1.77 bits per heavy atom. The second-order valence-corrected chi connectivity index (χ2v) is 7.92. The Morgan fingerprint density at radius 3 is 2.40 bits per heavy atom. The first kappa shape index (κ1) is 24.5. The van der Waals surface area contributed by atoms with Gasteiger partial charge in [0.25, 0.3) is 0 Å². The van der Waals surface area contributed by atoms with E-state index in [1.807, 2.05) is 0 Å². The molecule has 0 unspecified atom stereocenters. The summed E-state index contributed by atoms with van der Waals surface area (Å²) >= 11 is 0. The average Bonchev–Trinajstić information content (AvgIpc) is 2.83. The predicted octanol–water partition coefficient (Wildman–Crippen LogP) is 0.924. The zero-order valence-electron chi connectivity index (χ0n) is 18.8. The molecule has 3 aromatic rings. The first-order valence-electron chi connectivity index (χ1n) is 10.6. The SMILES string of the molecule is COc1ccc(-c2cc(=O)c3c(O)cc(O[C@@H]4O[C@H](CO)[C@@H](O)[C@H](OC(C)=O)[C@H]4O)cc3o2)cc1. The summed E-state index contributed by atoms with van der Waals surface area (Å²) in [5.74, 6) is -0.401. The van der Waals surface area contributed by atoms with E-state index in [1.54, 1.807) is 24.3 Å². The lowest BCUT2D eigenvalue weighted by Crippen LogP contribution is -2.61. The number of carbonyl (C=O) groups is 1. The van der Waals surface area contributed by atoms with Crippen LogP contribution < -0.4 is 14.9 Å². The van der Waals surface area contributed by atoms with Crippen LogP contribution in [0.3, 0.4) is 0 Å². The van der Waals surface area contributed by atoms with E-state index in [0.29, 0.717) is 11.3 Å². The number of benzene rings is 2. The average molecular weight is 488 g/mol. The zero-order valence-corrected chi connectivity index (χ0v) is 18.8. The Bertz CT molecular complexity index is 1270. The zero-order chi connectivity index (χ0) is 25.3. The van der Waals surface area contributed by atoms with Crippen molar-refractivity contribution < 1.29 is 48.6 Å². The van der Waals surface area contributed by atoms with Gasteiger partial charge in [-0.25, -0.2) is 0 Å². The third-order valence-electron chi connectivity index (χ3n) is 5.53. The highest BCUT2D eigenvalue weighted by molar-refractivity contribution is 5.86. The number of methoxy groups -OCH3 is 1. The van der Waals surface area contributed by atoms with Crippen LogP contribution in [0.1, 0.15) is 6.92 Å². The van der Waals surface area contributed by atoms with Crippen molar-refractivity contribution in [3.8, 4) is 28.6 Å². The minimum absolute atomic E-state index is 0.00102. The fraction of sp³-hybridized carbons (Fsp3) is 0.333. The number of fused-ring (bicyclic) bond motifs is 1. The van der Waals surface area contributed by atoms with Gasteiger partial charge >= 0.3 is 5.97 Å². The number of carbonyl (C=O) groups excluding carboxylic acids is 1. The molecule has 11 nitrogen and oxygen atoms in total. The predicted molar refractivity (Wildman–Crippen MR) is 120 cm³/mol. The summed E-state index contributed by atoms with van der Waals surface area (Å²) in [5, 5.41) is 40.7. The van der Waals surface area contributed by atoms with Gasteiger partial charge < -0.3 is 43.8 Å². The number of aliphatic hydroxyl groups excluding tert-OH is 3. The van der Waals surface area contributed by atoms with Gasteiger partial charge in [-0.15, -0.1) is 0 Å². The molecule has 2 aromatic carbocycles. The number of ether oxygens (including phenoxy) is 4. The van der Waals surface area contributed by atoms with E-state index in [2.05, 4.69) is 0 Å². The van der Waals surface area contributed by atoms with Gasteiger partial charge in [-0.3, -0.25) is 9.59 Å². The number of phenolic OH excluding ortho intramolecular Hbond substituents is 1. The summed E-state index contributed by atoms with van der Waals surface area (Å²) in [6.45, 7) is 0.455. The molecular weight excluding hydrogens is 464 g/mol. The van der Waals surface area contributed by atoms with Crippen LogP contribution >= 0.6 is 0 Å². The summed E-state index contributed by atoms with van der Waals surface area (Å²) in [6, 6.07) is 10.5. The highest BCUT2D eigenvalue weighted by Gasteiger charge is 2.47. The topological polar surface area (TPSA) is 165 Å². The molecular formula is C24H24O11. The Labute approximate surface area is 198 Å². The van der Waals surface area contributed by atoms with E-state index in [9.17, 15) is 30.0 Å². The van der Waals surface area contributed by atoms with Crippen LogP contribution in [0, 0.1) is 0 Å². The van der Waals surface area contributed by atoms with Crippen molar-refractivity contribution >= 4 is 16.9 Å². The van der Waals surface area contributed by atoms with E-state index >= 15 is 0 Å². The van der Waals surface area contributed by atoms with E-state index in [0.717, 1.165) is 13.0 Å². The minimum atomic E-state index is -1.63. The van der Waals surface area contributed by atoms with Gasteiger partial charge in [0.15, 0.2) is 17.6 Å². The van der Waals surface area contributed by atoms with E-state index in [-0.39, 0.29) is 22.5 Å². The fourth-order valence-electron chi connectivity index (χ4n) is 3.82. The number of rotatable bonds is 6. The van der Waals surface area contributed by atoms with Gasteiger partial charge in [0.1, 0.15) is 46.2 Å². The van der Waals surface area contributed by atoms with E-state index < -0.39 is 54.5 Å². The van der Waals surface area contributed by atoms with Crippen LogP contribution in [0.2, 0.25) is 0 Å². The summed E-state index contributed by atoms with van der Waals surface area (Å²) < 4.78 is 27.0. The van der Waals surface area contributed by atoms with Crippen molar-refractivity contribution in [3.63, 3.8) is 0 Å². The van der Waals surface area contributed by atoms with Crippen molar-refractivity contribution in [2.45, 2.75) is 37.6 Å². The molecule has 4 rings (SSSR count). The molecule has 0 aliphatic carbocycles. The van der Waals surface area contributed by atoms with Crippen molar-refractivity contribution in [2.24, 2.45) is 0 Å². The molecule has 1 saturated heterocycles. The second-order valence-electron chi connectivity index (χ2n) is 7.92. The Morgan fingerprint density at radius 1 is 1.06 bits per heavy atom. The van der Waals surface area contributed by atoms with Crippen molar-refractivity contribution in [1.29, 1.82) is 0 Å². The third-order valence-corrected chi connectivity index (χ3v) is 5.53. The standard InChI is InChI=1S/C24H24O11/c1-11(26)32-23-21(29)19(10-25)35-24(22(23)30)33-14-7-15(27)20-16(28)9-17(34-18(20)8-14)12-3-5-13(31-2)6-4-12/h3-9,19,21-25,27,29-30H,10H2,1-2H3/t19-,21-,22-,23+,24-/m1/s1. The monoisotopic (exact) mass is 488 g/mol.